The molecule has 3 amide bonds. The van der Waals surface area contributed by atoms with Crippen LogP contribution in [0.25, 0.3) is 11.3 Å². The first-order valence-corrected chi connectivity index (χ1v) is 16.6. The molecule has 1 aliphatic carbocycles. The third-order valence-electron chi connectivity index (χ3n) is 8.61. The molecule has 46 heavy (non-hydrogen) atoms. The van der Waals surface area contributed by atoms with E-state index in [9.17, 15) is 18.8 Å². The molecule has 2 fully saturated rings. The first kappa shape index (κ1) is 34.9. The number of halogens is 2. The van der Waals surface area contributed by atoms with Crippen LogP contribution in [0.4, 0.5) is 14.0 Å². The minimum atomic E-state index is -1.00. The Morgan fingerprint density at radius 2 is 1.80 bits per heavy atom. The number of hydrogen-bond acceptors (Lipinski definition) is 5. The van der Waals surface area contributed by atoms with Crippen LogP contribution in [0, 0.1) is 11.7 Å². The van der Waals surface area contributed by atoms with Crippen molar-refractivity contribution in [2.24, 2.45) is 5.92 Å². The molecule has 2 aliphatic heterocycles. The van der Waals surface area contributed by atoms with Gasteiger partial charge in [0.1, 0.15) is 17.7 Å². The molecular weight excluding hydrogens is 657 g/mol. The van der Waals surface area contributed by atoms with E-state index in [4.69, 9.17) is 9.84 Å². The highest BCUT2D eigenvalue weighted by Crippen LogP contribution is 2.30. The number of carboxylic acid groups (broad SMARTS) is 1. The SMILES string of the molecule is CC(C)C(C)NC(=O)OC1CCCC1.O=C(O)N1Cc2cccc(F)c2C1.O=CN1CCCC1c1ncc(-c2ccc(Br)cc2)[nH]1. The summed E-state index contributed by atoms with van der Waals surface area (Å²) in [5, 5.41) is 11.5. The van der Waals surface area contributed by atoms with Gasteiger partial charge in [-0.05, 0) is 80.7 Å². The molecule has 0 spiro atoms. The Bertz CT molecular complexity index is 1450. The number of hydrogen-bond donors (Lipinski definition) is 3. The summed E-state index contributed by atoms with van der Waals surface area (Å²) < 4.78 is 19.4. The lowest BCUT2D eigenvalue weighted by Gasteiger charge is -2.19. The average Bonchev–Trinajstić information content (AvgIpc) is 3.85. The number of rotatable bonds is 6. The van der Waals surface area contributed by atoms with Crippen LogP contribution >= 0.6 is 15.9 Å². The molecule has 0 radical (unpaired) electrons. The Hall–Kier alpha value is -3.93. The number of nitrogens with one attached hydrogen (secondary N) is 2. The van der Waals surface area contributed by atoms with E-state index in [1.165, 1.54) is 23.8 Å². The predicted molar refractivity (Wildman–Crippen MR) is 176 cm³/mol. The molecule has 3 aliphatic rings. The number of benzene rings is 2. The van der Waals surface area contributed by atoms with E-state index in [-0.39, 0.29) is 36.6 Å². The van der Waals surface area contributed by atoms with Gasteiger partial charge in [0.25, 0.3) is 0 Å². The summed E-state index contributed by atoms with van der Waals surface area (Å²) in [7, 11) is 0. The molecule has 10 nitrogen and oxygen atoms in total. The average molecular weight is 701 g/mol. The summed E-state index contributed by atoms with van der Waals surface area (Å²) in [6.07, 6.45) is 8.12. The number of carbonyl (C=O) groups excluding carboxylic acids is 2. The minimum Gasteiger partial charge on any atom is -0.465 e. The maximum atomic E-state index is 13.1. The summed E-state index contributed by atoms with van der Waals surface area (Å²) in [6.45, 7) is 7.45. The normalized spacial score (nSPS) is 17.8. The summed E-state index contributed by atoms with van der Waals surface area (Å²) in [6, 6.07) is 13.1. The molecule has 3 aromatic rings. The molecule has 3 heterocycles. The van der Waals surface area contributed by atoms with E-state index in [1.807, 2.05) is 42.3 Å². The van der Waals surface area contributed by atoms with E-state index >= 15 is 0 Å². The molecule has 1 saturated carbocycles. The van der Waals surface area contributed by atoms with Crippen molar-refractivity contribution in [1.82, 2.24) is 25.1 Å². The van der Waals surface area contributed by atoms with Gasteiger partial charge in [0.15, 0.2) is 0 Å². The topological polar surface area (TPSA) is 128 Å². The van der Waals surface area contributed by atoms with E-state index in [0.29, 0.717) is 18.0 Å². The number of amides is 3. The Balaban J connectivity index is 0.000000161. The summed E-state index contributed by atoms with van der Waals surface area (Å²) >= 11 is 3.42. The van der Waals surface area contributed by atoms with Crippen molar-refractivity contribution in [3.63, 3.8) is 0 Å². The molecule has 248 valence electrons. The molecule has 2 aromatic carbocycles. The van der Waals surface area contributed by atoms with Crippen molar-refractivity contribution in [2.45, 2.75) is 90.6 Å². The Kier molecular flexibility index (Phi) is 12.6. The Morgan fingerprint density at radius 1 is 1.09 bits per heavy atom. The first-order chi connectivity index (χ1) is 22.0. The lowest BCUT2D eigenvalue weighted by atomic mass is 10.1. The highest BCUT2D eigenvalue weighted by atomic mass is 79.9. The fourth-order valence-electron chi connectivity index (χ4n) is 5.55. The number of H-pyrrole nitrogens is 1. The molecule has 6 rings (SSSR count). The molecule has 2 atom stereocenters. The number of likely N-dealkylation sites (tertiary alicyclic amines) is 1. The summed E-state index contributed by atoms with van der Waals surface area (Å²) in [5.74, 6) is 1.01. The molecule has 1 aromatic heterocycles. The molecular formula is C34H43BrFN5O5. The third-order valence-corrected chi connectivity index (χ3v) is 9.14. The number of fused-ring (bicyclic) bond motifs is 1. The molecule has 12 heteroatoms. The number of ether oxygens (including phenoxy) is 1. The Labute approximate surface area is 277 Å². The smallest absolute Gasteiger partial charge is 0.407 e. The second-order valence-corrected chi connectivity index (χ2v) is 13.1. The predicted octanol–water partition coefficient (Wildman–Crippen LogP) is 7.65. The molecule has 2 unspecified atom stereocenters. The van der Waals surface area contributed by atoms with Gasteiger partial charge >= 0.3 is 12.2 Å². The number of aromatic amines is 1. The zero-order valence-corrected chi connectivity index (χ0v) is 28.1. The fraction of sp³-hybridized carbons (Fsp3) is 0.471. The van der Waals surface area contributed by atoms with E-state index in [2.05, 4.69) is 45.1 Å². The van der Waals surface area contributed by atoms with Crippen molar-refractivity contribution in [3.05, 3.63) is 75.9 Å². The number of carbonyl (C=O) groups is 3. The molecule has 3 N–H and O–H groups in total. The van der Waals surface area contributed by atoms with Gasteiger partial charge in [-0.2, -0.15) is 0 Å². The van der Waals surface area contributed by atoms with Gasteiger partial charge in [0, 0.05) is 29.2 Å². The van der Waals surface area contributed by atoms with Gasteiger partial charge in [0.05, 0.1) is 24.5 Å². The number of alkyl carbamates (subject to hydrolysis) is 1. The van der Waals surface area contributed by atoms with Crippen LogP contribution in [-0.4, -0.2) is 62.2 Å². The number of aromatic nitrogens is 2. The van der Waals surface area contributed by atoms with Crippen LogP contribution in [-0.2, 0) is 22.6 Å². The van der Waals surface area contributed by atoms with Crippen molar-refractivity contribution in [3.8, 4) is 11.3 Å². The largest absolute Gasteiger partial charge is 0.465 e. The lowest BCUT2D eigenvalue weighted by molar-refractivity contribution is -0.119. The zero-order chi connectivity index (χ0) is 33.2. The van der Waals surface area contributed by atoms with E-state index in [1.54, 1.807) is 12.1 Å². The van der Waals surface area contributed by atoms with Crippen LogP contribution in [0.2, 0.25) is 0 Å². The van der Waals surface area contributed by atoms with Crippen molar-refractivity contribution < 1.29 is 28.6 Å². The fourth-order valence-corrected chi connectivity index (χ4v) is 5.82. The van der Waals surface area contributed by atoms with Gasteiger partial charge in [-0.1, -0.05) is 54.0 Å². The van der Waals surface area contributed by atoms with Crippen LogP contribution in [0.15, 0.2) is 53.1 Å². The maximum absolute atomic E-state index is 13.1. The van der Waals surface area contributed by atoms with Gasteiger partial charge in [-0.15, -0.1) is 0 Å². The monoisotopic (exact) mass is 699 g/mol. The quantitative estimate of drug-likeness (QED) is 0.227. The van der Waals surface area contributed by atoms with Gasteiger partial charge in [-0.3, -0.25) is 9.69 Å². The van der Waals surface area contributed by atoms with Crippen LogP contribution in [0.1, 0.15) is 82.3 Å². The second kappa shape index (κ2) is 16.6. The van der Waals surface area contributed by atoms with E-state index in [0.717, 1.165) is 65.8 Å². The standard InChI is InChI=1S/C14H14BrN3O.C11H21NO2.C9H8FNO2/c15-11-5-3-10(4-6-11)12-8-16-14(17-12)13-2-1-7-18(13)9-19;1-8(2)9(3)12-11(13)14-10-6-4-5-7-10;10-8-3-1-2-6-4-11(9(12)13)5-7(6)8/h3-6,8-9,13H,1-2,7H2,(H,16,17);8-10H,4-7H2,1-3H3,(H,12,13);1-3H,4-5H2,(H,12,13). The van der Waals surface area contributed by atoms with Crippen molar-refractivity contribution in [1.29, 1.82) is 0 Å². The van der Waals surface area contributed by atoms with Gasteiger partial charge in [-0.25, -0.2) is 19.0 Å². The minimum absolute atomic E-state index is 0.0988. The zero-order valence-electron chi connectivity index (χ0n) is 26.5. The number of nitrogens with zero attached hydrogens (tertiary/aromatic N) is 3. The summed E-state index contributed by atoms with van der Waals surface area (Å²) in [5.41, 5.74) is 3.35. The number of imidazole rings is 1. The highest BCUT2D eigenvalue weighted by molar-refractivity contribution is 9.10. The van der Waals surface area contributed by atoms with E-state index < -0.39 is 6.09 Å². The van der Waals surface area contributed by atoms with Crippen LogP contribution in [0.3, 0.4) is 0 Å². The van der Waals surface area contributed by atoms with Gasteiger partial charge in [0.2, 0.25) is 6.41 Å². The lowest BCUT2D eigenvalue weighted by Crippen LogP contribution is -2.37. The third kappa shape index (κ3) is 9.54. The summed E-state index contributed by atoms with van der Waals surface area (Å²) in [4.78, 5) is 43.7. The molecule has 0 bridgehead atoms. The second-order valence-electron chi connectivity index (χ2n) is 12.2. The first-order valence-electron chi connectivity index (χ1n) is 15.8. The maximum Gasteiger partial charge on any atom is 0.407 e. The van der Waals surface area contributed by atoms with Crippen LogP contribution < -0.4 is 5.32 Å². The molecule has 1 saturated heterocycles. The highest BCUT2D eigenvalue weighted by Gasteiger charge is 2.27. The Morgan fingerprint density at radius 3 is 2.43 bits per heavy atom. The van der Waals surface area contributed by atoms with Crippen LogP contribution in [0.5, 0.6) is 0 Å². The van der Waals surface area contributed by atoms with Crippen molar-refractivity contribution in [2.75, 3.05) is 6.54 Å². The van der Waals surface area contributed by atoms with Crippen molar-refractivity contribution >= 4 is 34.5 Å². The van der Waals surface area contributed by atoms with Gasteiger partial charge < -0.3 is 25.0 Å².